The van der Waals surface area contributed by atoms with Gasteiger partial charge in [-0.1, -0.05) is 12.1 Å². The van der Waals surface area contributed by atoms with Crippen LogP contribution in [0.15, 0.2) is 42.6 Å². The number of benzene rings is 2. The molecule has 0 saturated carbocycles. The maximum absolute atomic E-state index is 10.9. The quantitative estimate of drug-likeness (QED) is 0.778. The Kier molecular flexibility index (Phi) is 2.79. The van der Waals surface area contributed by atoms with Gasteiger partial charge in [0.2, 0.25) is 6.79 Å². The van der Waals surface area contributed by atoms with Crippen LogP contribution in [-0.2, 0) is 11.2 Å². The summed E-state index contributed by atoms with van der Waals surface area (Å²) in [6.45, 7) is 0.248. The summed E-state index contributed by atoms with van der Waals surface area (Å²) in [5.41, 5.74) is 3.73. The molecule has 0 radical (unpaired) electrons. The number of H-pyrrole nitrogens is 1. The molecule has 0 saturated heterocycles. The van der Waals surface area contributed by atoms with Crippen LogP contribution in [0.25, 0.3) is 22.0 Å². The first-order chi connectivity index (χ1) is 10.7. The molecule has 22 heavy (non-hydrogen) atoms. The Morgan fingerprint density at radius 2 is 1.86 bits per heavy atom. The molecule has 4 rings (SSSR count). The number of aliphatic carboxylic acids is 1. The lowest BCUT2D eigenvalue weighted by Crippen LogP contribution is -1.98. The van der Waals surface area contributed by atoms with Gasteiger partial charge >= 0.3 is 5.97 Å². The second-order valence-corrected chi connectivity index (χ2v) is 5.21. The largest absolute Gasteiger partial charge is 0.481 e. The molecular weight excluding hydrogens is 282 g/mol. The average molecular weight is 295 g/mol. The first kappa shape index (κ1) is 12.8. The lowest BCUT2D eigenvalue weighted by molar-refractivity contribution is -0.136. The normalized spacial score (nSPS) is 12.7. The molecular formula is C17H13NO4. The summed E-state index contributed by atoms with van der Waals surface area (Å²) in [4.78, 5) is 14.1. The minimum Gasteiger partial charge on any atom is -0.481 e. The van der Waals surface area contributed by atoms with Gasteiger partial charge in [-0.15, -0.1) is 0 Å². The molecule has 5 nitrogen and oxygen atoms in total. The van der Waals surface area contributed by atoms with Gasteiger partial charge in [-0.25, -0.2) is 0 Å². The van der Waals surface area contributed by atoms with Gasteiger partial charge in [-0.2, -0.15) is 0 Å². The minimum atomic E-state index is -0.839. The molecule has 0 fully saturated rings. The van der Waals surface area contributed by atoms with E-state index in [0.717, 1.165) is 39.1 Å². The summed E-state index contributed by atoms with van der Waals surface area (Å²) >= 11 is 0. The van der Waals surface area contributed by atoms with Gasteiger partial charge in [0.05, 0.1) is 6.42 Å². The van der Waals surface area contributed by atoms with Crippen LogP contribution in [0, 0.1) is 0 Å². The Balaban J connectivity index is 1.80. The Morgan fingerprint density at radius 1 is 1.09 bits per heavy atom. The van der Waals surface area contributed by atoms with Crippen molar-refractivity contribution in [3.8, 4) is 22.6 Å². The molecule has 2 aromatic carbocycles. The third-order valence-corrected chi connectivity index (χ3v) is 3.82. The van der Waals surface area contributed by atoms with Crippen LogP contribution >= 0.6 is 0 Å². The van der Waals surface area contributed by atoms with Gasteiger partial charge in [0.15, 0.2) is 11.5 Å². The lowest BCUT2D eigenvalue weighted by Gasteiger charge is -2.05. The van der Waals surface area contributed by atoms with Crippen molar-refractivity contribution in [2.75, 3.05) is 6.79 Å². The monoisotopic (exact) mass is 295 g/mol. The van der Waals surface area contributed by atoms with E-state index in [4.69, 9.17) is 14.6 Å². The zero-order valence-corrected chi connectivity index (χ0v) is 11.6. The molecule has 0 atom stereocenters. The number of fused-ring (bicyclic) bond motifs is 2. The predicted molar refractivity (Wildman–Crippen MR) is 81.2 cm³/mol. The Morgan fingerprint density at radius 3 is 2.73 bits per heavy atom. The fourth-order valence-corrected chi connectivity index (χ4v) is 2.74. The highest BCUT2D eigenvalue weighted by molar-refractivity contribution is 5.90. The zero-order valence-electron chi connectivity index (χ0n) is 11.6. The van der Waals surface area contributed by atoms with Crippen LogP contribution in [0.1, 0.15) is 5.56 Å². The number of aromatic nitrogens is 1. The number of rotatable bonds is 3. The second kappa shape index (κ2) is 4.80. The van der Waals surface area contributed by atoms with E-state index in [9.17, 15) is 4.79 Å². The maximum atomic E-state index is 10.9. The first-order valence-corrected chi connectivity index (χ1v) is 6.92. The number of carboxylic acid groups (broad SMARTS) is 1. The van der Waals surface area contributed by atoms with Crippen molar-refractivity contribution in [3.63, 3.8) is 0 Å². The molecule has 5 heteroatoms. The molecule has 1 aromatic heterocycles. The van der Waals surface area contributed by atoms with Crippen molar-refractivity contribution in [3.05, 3.63) is 48.2 Å². The third-order valence-electron chi connectivity index (χ3n) is 3.82. The van der Waals surface area contributed by atoms with Crippen LogP contribution in [0.4, 0.5) is 0 Å². The van der Waals surface area contributed by atoms with Crippen molar-refractivity contribution in [2.24, 2.45) is 0 Å². The van der Waals surface area contributed by atoms with E-state index in [2.05, 4.69) is 4.98 Å². The average Bonchev–Trinajstić information content (AvgIpc) is 3.12. The van der Waals surface area contributed by atoms with E-state index in [0.29, 0.717) is 0 Å². The van der Waals surface area contributed by atoms with Gasteiger partial charge < -0.3 is 19.6 Å². The molecule has 0 bridgehead atoms. The lowest BCUT2D eigenvalue weighted by atomic mass is 10.0. The van der Waals surface area contributed by atoms with E-state index in [1.807, 2.05) is 36.4 Å². The summed E-state index contributed by atoms with van der Waals surface area (Å²) < 4.78 is 10.7. The van der Waals surface area contributed by atoms with Crippen molar-refractivity contribution in [1.29, 1.82) is 0 Å². The van der Waals surface area contributed by atoms with Crippen LogP contribution in [0.3, 0.4) is 0 Å². The van der Waals surface area contributed by atoms with E-state index in [-0.39, 0.29) is 13.2 Å². The topological polar surface area (TPSA) is 71.5 Å². The summed E-state index contributed by atoms with van der Waals surface area (Å²) in [5.74, 6) is 0.643. The van der Waals surface area contributed by atoms with Crippen molar-refractivity contribution in [1.82, 2.24) is 4.98 Å². The number of hydrogen-bond acceptors (Lipinski definition) is 3. The van der Waals surface area contributed by atoms with E-state index in [1.54, 1.807) is 6.20 Å². The summed E-state index contributed by atoms with van der Waals surface area (Å²) in [6, 6.07) is 11.8. The van der Waals surface area contributed by atoms with Crippen molar-refractivity contribution >= 4 is 16.9 Å². The fraction of sp³-hybridized carbons (Fsp3) is 0.118. The molecule has 2 N–H and O–H groups in total. The molecule has 1 aliphatic heterocycles. The molecule has 0 aliphatic carbocycles. The molecule has 1 aliphatic rings. The highest BCUT2D eigenvalue weighted by atomic mass is 16.7. The van der Waals surface area contributed by atoms with Gasteiger partial charge in [0.1, 0.15) is 0 Å². The summed E-state index contributed by atoms with van der Waals surface area (Å²) in [5, 5.41) is 9.92. The molecule has 0 spiro atoms. The van der Waals surface area contributed by atoms with Gasteiger partial charge in [0.25, 0.3) is 0 Å². The third kappa shape index (κ3) is 2.07. The molecule has 0 amide bonds. The molecule has 3 aromatic rings. The van der Waals surface area contributed by atoms with E-state index < -0.39 is 5.97 Å². The van der Waals surface area contributed by atoms with Crippen LogP contribution in [0.2, 0.25) is 0 Å². The second-order valence-electron chi connectivity index (χ2n) is 5.21. The molecule has 110 valence electrons. The Labute approximate surface area is 126 Å². The van der Waals surface area contributed by atoms with E-state index >= 15 is 0 Å². The number of nitrogens with one attached hydrogen (secondary N) is 1. The number of aromatic amines is 1. The van der Waals surface area contributed by atoms with Crippen molar-refractivity contribution in [2.45, 2.75) is 6.42 Å². The van der Waals surface area contributed by atoms with Gasteiger partial charge in [-0.3, -0.25) is 4.79 Å². The van der Waals surface area contributed by atoms with Gasteiger partial charge in [0, 0.05) is 17.1 Å². The highest BCUT2D eigenvalue weighted by Gasteiger charge is 2.14. The van der Waals surface area contributed by atoms with E-state index in [1.165, 1.54) is 0 Å². The number of ether oxygens (including phenoxy) is 2. The highest BCUT2D eigenvalue weighted by Crippen LogP contribution is 2.36. The van der Waals surface area contributed by atoms with Crippen LogP contribution in [0.5, 0.6) is 11.5 Å². The minimum absolute atomic E-state index is 0.00456. The van der Waals surface area contributed by atoms with Crippen LogP contribution < -0.4 is 9.47 Å². The first-order valence-electron chi connectivity index (χ1n) is 6.92. The van der Waals surface area contributed by atoms with Crippen molar-refractivity contribution < 1.29 is 19.4 Å². The van der Waals surface area contributed by atoms with Gasteiger partial charge in [-0.05, 0) is 41.0 Å². The number of carbonyl (C=O) groups is 1. The molecule has 2 heterocycles. The number of carboxylic acids is 1. The predicted octanol–water partition coefficient (Wildman–Crippen LogP) is 3.19. The number of hydrogen-bond donors (Lipinski definition) is 2. The summed E-state index contributed by atoms with van der Waals surface area (Å²) in [6.07, 6.45) is 1.76. The Bertz CT molecular complexity index is 881. The van der Waals surface area contributed by atoms with Crippen LogP contribution in [-0.4, -0.2) is 22.9 Å². The maximum Gasteiger partial charge on any atom is 0.307 e. The SMILES string of the molecule is O=C(O)Cc1c[nH]c2ccc(-c3ccc4c(c3)OCO4)cc12. The summed E-state index contributed by atoms with van der Waals surface area (Å²) in [7, 11) is 0. The Hall–Kier alpha value is -2.95. The standard InChI is InChI=1S/C17H13NO4/c19-17(20)7-12-8-18-14-3-1-10(5-13(12)14)11-2-4-15-16(6-11)22-9-21-15/h1-6,8,18H,7,9H2,(H,19,20). The fourth-order valence-electron chi connectivity index (χ4n) is 2.74. The smallest absolute Gasteiger partial charge is 0.307 e. The zero-order chi connectivity index (χ0) is 15.1. The molecule has 0 unspecified atom stereocenters.